The van der Waals surface area contributed by atoms with Crippen LogP contribution in [0.5, 0.6) is 5.75 Å². The molecule has 0 atom stereocenters. The van der Waals surface area contributed by atoms with E-state index in [0.717, 1.165) is 28.1 Å². The third-order valence-corrected chi connectivity index (χ3v) is 5.67. The summed E-state index contributed by atoms with van der Waals surface area (Å²) in [5.41, 5.74) is 6.29. The summed E-state index contributed by atoms with van der Waals surface area (Å²) >= 11 is 1.28. The van der Waals surface area contributed by atoms with Gasteiger partial charge in [0.05, 0.1) is 18.6 Å². The molecule has 0 saturated carbocycles. The SMILES string of the molecule is CCOc1ccc(-n2c(SCC(=O)N/N=C\c3cccc(C)c3)nnc2-c2cccnc2)cc1. The maximum atomic E-state index is 12.4. The molecule has 0 bridgehead atoms. The molecule has 0 aliphatic carbocycles. The number of nitrogens with one attached hydrogen (secondary N) is 1. The Balaban J connectivity index is 1.51. The summed E-state index contributed by atoms with van der Waals surface area (Å²) in [7, 11) is 0. The van der Waals surface area contributed by atoms with E-state index in [1.807, 2.05) is 79.1 Å². The van der Waals surface area contributed by atoms with Crippen molar-refractivity contribution >= 4 is 23.9 Å². The zero-order chi connectivity index (χ0) is 23.8. The first-order valence-corrected chi connectivity index (χ1v) is 11.7. The van der Waals surface area contributed by atoms with Gasteiger partial charge in [-0.15, -0.1) is 10.2 Å². The van der Waals surface area contributed by atoms with E-state index in [1.165, 1.54) is 11.8 Å². The van der Waals surface area contributed by atoms with E-state index >= 15 is 0 Å². The molecule has 0 radical (unpaired) electrons. The lowest BCUT2D eigenvalue weighted by atomic mass is 10.2. The number of rotatable bonds is 9. The summed E-state index contributed by atoms with van der Waals surface area (Å²) in [5, 5.41) is 13.3. The van der Waals surface area contributed by atoms with E-state index in [4.69, 9.17) is 4.74 Å². The minimum Gasteiger partial charge on any atom is -0.494 e. The maximum Gasteiger partial charge on any atom is 0.250 e. The van der Waals surface area contributed by atoms with Crippen LogP contribution in [0.4, 0.5) is 0 Å². The average molecular weight is 473 g/mol. The zero-order valence-electron chi connectivity index (χ0n) is 18.9. The van der Waals surface area contributed by atoms with E-state index < -0.39 is 0 Å². The Morgan fingerprint density at radius 1 is 1.15 bits per heavy atom. The first kappa shape index (κ1) is 23.2. The summed E-state index contributed by atoms with van der Waals surface area (Å²) in [4.78, 5) is 16.6. The first-order valence-electron chi connectivity index (χ1n) is 10.7. The number of benzene rings is 2. The molecule has 0 spiro atoms. The van der Waals surface area contributed by atoms with Crippen molar-refractivity contribution in [3.8, 4) is 22.8 Å². The number of hydrogen-bond acceptors (Lipinski definition) is 7. The van der Waals surface area contributed by atoms with Gasteiger partial charge >= 0.3 is 0 Å². The number of carbonyl (C=O) groups excluding carboxylic acids is 1. The number of carbonyl (C=O) groups is 1. The van der Waals surface area contributed by atoms with Crippen LogP contribution in [0.25, 0.3) is 17.1 Å². The van der Waals surface area contributed by atoms with Gasteiger partial charge in [0.1, 0.15) is 5.75 Å². The quantitative estimate of drug-likeness (QED) is 0.222. The molecule has 4 aromatic rings. The summed E-state index contributed by atoms with van der Waals surface area (Å²) in [6, 6.07) is 19.3. The van der Waals surface area contributed by atoms with Gasteiger partial charge in [0.2, 0.25) is 0 Å². The monoisotopic (exact) mass is 472 g/mol. The fraction of sp³-hybridized carbons (Fsp3) is 0.160. The molecular formula is C25H24N6O2S. The predicted molar refractivity (Wildman–Crippen MR) is 133 cm³/mol. The number of thioether (sulfide) groups is 1. The van der Waals surface area contributed by atoms with Crippen LogP contribution < -0.4 is 10.2 Å². The summed E-state index contributed by atoms with van der Waals surface area (Å²) in [6.07, 6.45) is 5.06. The highest BCUT2D eigenvalue weighted by atomic mass is 32.2. The van der Waals surface area contributed by atoms with Crippen molar-refractivity contribution in [1.29, 1.82) is 0 Å². The van der Waals surface area contributed by atoms with Crippen LogP contribution in [-0.2, 0) is 4.79 Å². The van der Waals surface area contributed by atoms with Crippen molar-refractivity contribution in [3.05, 3.63) is 84.2 Å². The molecule has 2 aromatic heterocycles. The van der Waals surface area contributed by atoms with Crippen molar-refractivity contribution in [1.82, 2.24) is 25.2 Å². The highest BCUT2D eigenvalue weighted by molar-refractivity contribution is 7.99. The number of amides is 1. The van der Waals surface area contributed by atoms with Crippen LogP contribution in [0.15, 0.2) is 83.3 Å². The molecule has 0 unspecified atom stereocenters. The lowest BCUT2D eigenvalue weighted by Crippen LogP contribution is -2.20. The average Bonchev–Trinajstić information content (AvgIpc) is 3.28. The molecule has 0 saturated heterocycles. The smallest absolute Gasteiger partial charge is 0.250 e. The Kier molecular flexibility index (Phi) is 7.67. The molecule has 8 nitrogen and oxygen atoms in total. The Hall–Kier alpha value is -3.98. The van der Waals surface area contributed by atoms with Crippen LogP contribution in [0.2, 0.25) is 0 Å². The van der Waals surface area contributed by atoms with Crippen molar-refractivity contribution in [2.24, 2.45) is 5.10 Å². The van der Waals surface area contributed by atoms with Crippen LogP contribution in [-0.4, -0.2) is 44.2 Å². The highest BCUT2D eigenvalue weighted by Crippen LogP contribution is 2.28. The molecule has 9 heteroatoms. The van der Waals surface area contributed by atoms with Crippen molar-refractivity contribution in [3.63, 3.8) is 0 Å². The van der Waals surface area contributed by atoms with E-state index in [0.29, 0.717) is 17.6 Å². The highest BCUT2D eigenvalue weighted by Gasteiger charge is 2.17. The molecule has 34 heavy (non-hydrogen) atoms. The Morgan fingerprint density at radius 2 is 2.00 bits per heavy atom. The summed E-state index contributed by atoms with van der Waals surface area (Å²) < 4.78 is 7.46. The summed E-state index contributed by atoms with van der Waals surface area (Å²) in [6.45, 7) is 4.54. The molecule has 1 amide bonds. The van der Waals surface area contributed by atoms with Gasteiger partial charge < -0.3 is 4.74 Å². The van der Waals surface area contributed by atoms with E-state index in [-0.39, 0.29) is 11.7 Å². The van der Waals surface area contributed by atoms with Gasteiger partial charge in [-0.25, -0.2) is 5.43 Å². The fourth-order valence-corrected chi connectivity index (χ4v) is 3.97. The van der Waals surface area contributed by atoms with E-state index in [2.05, 4.69) is 25.7 Å². The number of hydrazone groups is 1. The second-order valence-corrected chi connectivity index (χ2v) is 8.25. The van der Waals surface area contributed by atoms with Crippen LogP contribution in [0, 0.1) is 6.92 Å². The van der Waals surface area contributed by atoms with E-state index in [9.17, 15) is 4.79 Å². The van der Waals surface area contributed by atoms with Gasteiger partial charge in [0, 0.05) is 23.6 Å². The fourth-order valence-electron chi connectivity index (χ4n) is 3.23. The Labute approximate surface area is 202 Å². The normalized spacial score (nSPS) is 11.0. The predicted octanol–water partition coefficient (Wildman–Crippen LogP) is 4.28. The largest absolute Gasteiger partial charge is 0.494 e. The minimum absolute atomic E-state index is 0.132. The van der Waals surface area contributed by atoms with Gasteiger partial charge in [0.15, 0.2) is 11.0 Å². The second kappa shape index (κ2) is 11.2. The lowest BCUT2D eigenvalue weighted by molar-refractivity contribution is -0.118. The number of nitrogens with zero attached hydrogens (tertiary/aromatic N) is 5. The number of aromatic nitrogens is 4. The standard InChI is InChI=1S/C25H24N6O2S/c1-3-33-22-11-9-21(10-12-22)31-24(20-8-5-13-26-16-20)29-30-25(31)34-17-23(32)28-27-15-19-7-4-6-18(2)14-19/h4-16H,3,17H2,1-2H3,(H,28,32)/b27-15-. The van der Waals surface area contributed by atoms with Gasteiger partial charge in [-0.05, 0) is 55.8 Å². The number of ether oxygens (including phenoxy) is 1. The first-order chi connectivity index (χ1) is 16.6. The Bertz CT molecular complexity index is 1270. The molecule has 0 aliphatic rings. The minimum atomic E-state index is -0.238. The van der Waals surface area contributed by atoms with Gasteiger partial charge in [-0.3, -0.25) is 14.3 Å². The molecule has 0 aliphatic heterocycles. The number of pyridine rings is 1. The lowest BCUT2D eigenvalue weighted by Gasteiger charge is -2.11. The van der Waals surface area contributed by atoms with Crippen LogP contribution in [0.3, 0.4) is 0 Å². The third kappa shape index (κ3) is 5.87. The molecule has 0 fully saturated rings. The van der Waals surface area contributed by atoms with Crippen molar-refractivity contribution in [2.75, 3.05) is 12.4 Å². The number of hydrogen-bond donors (Lipinski definition) is 1. The zero-order valence-corrected chi connectivity index (χ0v) is 19.7. The van der Waals surface area contributed by atoms with Crippen molar-refractivity contribution in [2.45, 2.75) is 19.0 Å². The Morgan fingerprint density at radius 3 is 2.74 bits per heavy atom. The van der Waals surface area contributed by atoms with Gasteiger partial charge in [-0.2, -0.15) is 5.10 Å². The summed E-state index contributed by atoms with van der Waals surface area (Å²) in [5.74, 6) is 1.31. The maximum absolute atomic E-state index is 12.4. The van der Waals surface area contributed by atoms with Crippen molar-refractivity contribution < 1.29 is 9.53 Å². The van der Waals surface area contributed by atoms with Crippen LogP contribution >= 0.6 is 11.8 Å². The molecule has 2 heterocycles. The molecule has 1 N–H and O–H groups in total. The third-order valence-electron chi connectivity index (χ3n) is 4.74. The van der Waals surface area contributed by atoms with E-state index in [1.54, 1.807) is 18.6 Å². The topological polar surface area (TPSA) is 94.3 Å². The second-order valence-electron chi connectivity index (χ2n) is 7.31. The van der Waals surface area contributed by atoms with Gasteiger partial charge in [-0.1, -0.05) is 41.6 Å². The number of aryl methyl sites for hydroxylation is 1. The van der Waals surface area contributed by atoms with Gasteiger partial charge in [0.25, 0.3) is 5.91 Å². The molecule has 4 rings (SSSR count). The molecule has 2 aromatic carbocycles. The van der Waals surface area contributed by atoms with Crippen LogP contribution in [0.1, 0.15) is 18.1 Å². The molecule has 172 valence electrons. The molecular weight excluding hydrogens is 448 g/mol.